The summed E-state index contributed by atoms with van der Waals surface area (Å²) in [6, 6.07) is 0. The molecule has 17 heavy (non-hydrogen) atoms. The van der Waals surface area contributed by atoms with Crippen LogP contribution in [0.1, 0.15) is 33.6 Å². The Morgan fingerprint density at radius 3 is 2.94 bits per heavy atom. The van der Waals surface area contributed by atoms with Crippen molar-refractivity contribution < 1.29 is 0 Å². The monoisotopic (exact) mass is 234 g/mol. The standard InChI is InChI=1S/C13H22N4/c1-4-15-11-8-14-9-12(16-11)17-7-5-6-13(2,3)10-17/h8-9H,4-7,10H2,1-3H3,(H,15,16). The Kier molecular flexibility index (Phi) is 3.50. The predicted molar refractivity (Wildman–Crippen MR) is 71.4 cm³/mol. The van der Waals surface area contributed by atoms with Crippen molar-refractivity contribution in [3.8, 4) is 0 Å². The molecule has 4 heteroatoms. The maximum Gasteiger partial charge on any atom is 0.149 e. The Labute approximate surface area is 103 Å². The second kappa shape index (κ2) is 4.90. The van der Waals surface area contributed by atoms with Gasteiger partial charge >= 0.3 is 0 Å². The van der Waals surface area contributed by atoms with Crippen molar-refractivity contribution in [1.82, 2.24) is 9.97 Å². The van der Waals surface area contributed by atoms with Crippen molar-refractivity contribution in [1.29, 1.82) is 0 Å². The van der Waals surface area contributed by atoms with E-state index in [1.165, 1.54) is 12.8 Å². The number of rotatable bonds is 3. The first-order chi connectivity index (χ1) is 8.11. The summed E-state index contributed by atoms with van der Waals surface area (Å²) in [5, 5.41) is 3.21. The first-order valence-electron chi connectivity index (χ1n) is 6.41. The van der Waals surface area contributed by atoms with E-state index in [1.54, 1.807) is 6.20 Å². The van der Waals surface area contributed by atoms with E-state index >= 15 is 0 Å². The van der Waals surface area contributed by atoms with Crippen LogP contribution in [0.2, 0.25) is 0 Å². The van der Waals surface area contributed by atoms with Crippen molar-refractivity contribution in [2.45, 2.75) is 33.6 Å². The molecule has 0 bridgehead atoms. The number of nitrogens with one attached hydrogen (secondary N) is 1. The summed E-state index contributed by atoms with van der Waals surface area (Å²) < 4.78 is 0. The van der Waals surface area contributed by atoms with Crippen molar-refractivity contribution in [2.24, 2.45) is 5.41 Å². The highest BCUT2D eigenvalue weighted by atomic mass is 15.2. The van der Waals surface area contributed by atoms with Gasteiger partial charge in [0.2, 0.25) is 0 Å². The van der Waals surface area contributed by atoms with Crippen LogP contribution in [0, 0.1) is 5.41 Å². The first kappa shape index (κ1) is 12.1. The highest BCUT2D eigenvalue weighted by molar-refractivity contribution is 5.44. The van der Waals surface area contributed by atoms with Gasteiger partial charge in [-0.3, -0.25) is 4.98 Å². The molecule has 1 aliphatic heterocycles. The van der Waals surface area contributed by atoms with E-state index < -0.39 is 0 Å². The Bertz CT molecular complexity index is 375. The molecule has 0 aromatic carbocycles. The lowest BCUT2D eigenvalue weighted by Crippen LogP contribution is -2.40. The predicted octanol–water partition coefficient (Wildman–Crippen LogP) is 2.53. The average Bonchev–Trinajstić information content (AvgIpc) is 2.28. The Morgan fingerprint density at radius 2 is 2.24 bits per heavy atom. The van der Waals surface area contributed by atoms with Gasteiger partial charge < -0.3 is 10.2 Å². The van der Waals surface area contributed by atoms with Gasteiger partial charge in [-0.05, 0) is 25.2 Å². The van der Waals surface area contributed by atoms with Crippen LogP contribution < -0.4 is 10.2 Å². The average molecular weight is 234 g/mol. The van der Waals surface area contributed by atoms with Crippen LogP contribution in [-0.2, 0) is 0 Å². The molecule has 2 heterocycles. The number of piperidine rings is 1. The summed E-state index contributed by atoms with van der Waals surface area (Å²) in [7, 11) is 0. The molecular weight excluding hydrogens is 212 g/mol. The quantitative estimate of drug-likeness (QED) is 0.872. The van der Waals surface area contributed by atoms with Crippen LogP contribution in [0.3, 0.4) is 0 Å². The van der Waals surface area contributed by atoms with Gasteiger partial charge in [0.1, 0.15) is 11.6 Å². The Balaban J connectivity index is 2.13. The molecule has 1 aliphatic rings. The zero-order chi connectivity index (χ0) is 12.3. The number of hydrogen-bond acceptors (Lipinski definition) is 4. The second-order valence-electron chi connectivity index (χ2n) is 5.48. The summed E-state index contributed by atoms with van der Waals surface area (Å²) in [6.07, 6.45) is 6.17. The molecule has 0 atom stereocenters. The lowest BCUT2D eigenvalue weighted by molar-refractivity contribution is 0.292. The topological polar surface area (TPSA) is 41.1 Å². The zero-order valence-electron chi connectivity index (χ0n) is 11.0. The molecule has 0 aliphatic carbocycles. The molecule has 0 spiro atoms. The summed E-state index contributed by atoms with van der Waals surface area (Å²) >= 11 is 0. The van der Waals surface area contributed by atoms with Crippen molar-refractivity contribution in [3.63, 3.8) is 0 Å². The van der Waals surface area contributed by atoms with E-state index in [2.05, 4.69) is 41.0 Å². The molecule has 1 aromatic heterocycles. The summed E-state index contributed by atoms with van der Waals surface area (Å²) in [6.45, 7) is 9.74. The van der Waals surface area contributed by atoms with Gasteiger partial charge in [-0.2, -0.15) is 0 Å². The molecule has 0 saturated carbocycles. The van der Waals surface area contributed by atoms with Gasteiger partial charge in [-0.1, -0.05) is 13.8 Å². The third-order valence-electron chi connectivity index (χ3n) is 3.20. The Morgan fingerprint density at radius 1 is 1.41 bits per heavy atom. The Hall–Kier alpha value is -1.32. The van der Waals surface area contributed by atoms with E-state index in [-0.39, 0.29) is 0 Å². The lowest BCUT2D eigenvalue weighted by atomic mass is 9.84. The van der Waals surface area contributed by atoms with Gasteiger partial charge in [0.05, 0.1) is 12.4 Å². The molecule has 0 radical (unpaired) electrons. The van der Waals surface area contributed by atoms with E-state index in [1.807, 2.05) is 6.20 Å². The summed E-state index contributed by atoms with van der Waals surface area (Å²) in [4.78, 5) is 11.2. The number of nitrogens with zero attached hydrogens (tertiary/aromatic N) is 3. The van der Waals surface area contributed by atoms with E-state index in [4.69, 9.17) is 0 Å². The molecule has 0 unspecified atom stereocenters. The number of aromatic nitrogens is 2. The van der Waals surface area contributed by atoms with Gasteiger partial charge in [0.25, 0.3) is 0 Å². The van der Waals surface area contributed by atoms with Crippen molar-refractivity contribution >= 4 is 11.6 Å². The van der Waals surface area contributed by atoms with Gasteiger partial charge in [-0.15, -0.1) is 0 Å². The van der Waals surface area contributed by atoms with E-state index in [9.17, 15) is 0 Å². The van der Waals surface area contributed by atoms with Crippen LogP contribution >= 0.6 is 0 Å². The van der Waals surface area contributed by atoms with Crippen LogP contribution in [0.15, 0.2) is 12.4 Å². The molecule has 4 nitrogen and oxygen atoms in total. The maximum absolute atomic E-state index is 4.60. The third kappa shape index (κ3) is 3.08. The number of hydrogen-bond donors (Lipinski definition) is 1. The summed E-state index contributed by atoms with van der Waals surface area (Å²) in [5.41, 5.74) is 0.383. The second-order valence-corrected chi connectivity index (χ2v) is 5.48. The molecule has 2 rings (SSSR count). The minimum Gasteiger partial charge on any atom is -0.369 e. The molecule has 1 N–H and O–H groups in total. The SMILES string of the molecule is CCNc1cncc(N2CCCC(C)(C)C2)n1. The summed E-state index contributed by atoms with van der Waals surface area (Å²) in [5.74, 6) is 1.87. The number of anilines is 2. The van der Waals surface area contributed by atoms with E-state index in [0.29, 0.717) is 5.41 Å². The minimum atomic E-state index is 0.383. The first-order valence-corrected chi connectivity index (χ1v) is 6.41. The smallest absolute Gasteiger partial charge is 0.149 e. The fourth-order valence-electron chi connectivity index (χ4n) is 2.39. The van der Waals surface area contributed by atoms with Crippen LogP contribution in [-0.4, -0.2) is 29.6 Å². The van der Waals surface area contributed by atoms with Crippen LogP contribution in [0.4, 0.5) is 11.6 Å². The molecule has 1 aromatic rings. The van der Waals surface area contributed by atoms with Crippen LogP contribution in [0.5, 0.6) is 0 Å². The largest absolute Gasteiger partial charge is 0.369 e. The molecule has 94 valence electrons. The highest BCUT2D eigenvalue weighted by Crippen LogP contribution is 2.30. The van der Waals surface area contributed by atoms with Gasteiger partial charge in [0.15, 0.2) is 0 Å². The van der Waals surface area contributed by atoms with E-state index in [0.717, 1.165) is 31.3 Å². The lowest BCUT2D eigenvalue weighted by Gasteiger charge is -2.38. The fraction of sp³-hybridized carbons (Fsp3) is 0.692. The third-order valence-corrected chi connectivity index (χ3v) is 3.20. The molecule has 1 fully saturated rings. The van der Waals surface area contributed by atoms with Crippen molar-refractivity contribution in [2.75, 3.05) is 29.9 Å². The van der Waals surface area contributed by atoms with Gasteiger partial charge in [0, 0.05) is 19.6 Å². The highest BCUT2D eigenvalue weighted by Gasteiger charge is 2.27. The van der Waals surface area contributed by atoms with Crippen LogP contribution in [0.25, 0.3) is 0 Å². The molecular formula is C13H22N4. The molecule has 1 saturated heterocycles. The van der Waals surface area contributed by atoms with Crippen molar-refractivity contribution in [3.05, 3.63) is 12.4 Å². The maximum atomic E-state index is 4.60. The fourth-order valence-corrected chi connectivity index (χ4v) is 2.39. The zero-order valence-corrected chi connectivity index (χ0v) is 11.0. The van der Waals surface area contributed by atoms with Gasteiger partial charge in [-0.25, -0.2) is 4.98 Å². The normalized spacial score (nSPS) is 19.1. The minimum absolute atomic E-state index is 0.383. The molecule has 0 amide bonds.